The van der Waals surface area contributed by atoms with Crippen LogP contribution in [0, 0.1) is 5.82 Å². The summed E-state index contributed by atoms with van der Waals surface area (Å²) in [7, 11) is -1.55. The first-order valence-electron chi connectivity index (χ1n) is 14.6. The molecule has 1 aliphatic rings. The van der Waals surface area contributed by atoms with E-state index in [1.165, 1.54) is 18.5 Å². The van der Waals surface area contributed by atoms with Crippen LogP contribution in [-0.4, -0.2) is 54.2 Å². The van der Waals surface area contributed by atoms with Gasteiger partial charge in [0.25, 0.3) is 0 Å². The number of nitrogens with one attached hydrogen (secondary N) is 1. The van der Waals surface area contributed by atoms with E-state index in [1.54, 1.807) is 48.9 Å². The summed E-state index contributed by atoms with van der Waals surface area (Å²) < 4.78 is 52.1. The number of aromatic nitrogens is 3. The zero-order valence-electron chi connectivity index (χ0n) is 24.9. The molecule has 2 aromatic heterocycles. The monoisotopic (exact) mass is 703 g/mol. The second-order valence-electron chi connectivity index (χ2n) is 11.1. The van der Waals surface area contributed by atoms with E-state index in [1.807, 2.05) is 48.4 Å². The van der Waals surface area contributed by atoms with Gasteiger partial charge in [-0.2, -0.15) is 0 Å². The average Bonchev–Trinajstić information content (AvgIpc) is 3.53. The van der Waals surface area contributed by atoms with Crippen LogP contribution in [0.1, 0.15) is 17.7 Å². The van der Waals surface area contributed by atoms with E-state index >= 15 is 0 Å². The number of hydrogen-bond donors (Lipinski definition) is 1. The smallest absolute Gasteiger partial charge is 0.179 e. The van der Waals surface area contributed by atoms with Crippen molar-refractivity contribution in [3.63, 3.8) is 0 Å². The van der Waals surface area contributed by atoms with Crippen molar-refractivity contribution in [2.45, 2.75) is 23.5 Å². The maximum atomic E-state index is 13.5. The van der Waals surface area contributed by atoms with Crippen molar-refractivity contribution in [2.24, 2.45) is 0 Å². The highest BCUT2D eigenvalue weighted by molar-refractivity contribution is 9.10. The molecule has 46 heavy (non-hydrogen) atoms. The van der Waals surface area contributed by atoms with E-state index in [-0.39, 0.29) is 18.2 Å². The van der Waals surface area contributed by atoms with Crippen molar-refractivity contribution in [1.29, 1.82) is 0 Å². The van der Waals surface area contributed by atoms with Crippen LogP contribution in [0.25, 0.3) is 10.9 Å². The third kappa shape index (κ3) is 7.19. The number of fused-ring (bicyclic) bond motifs is 1. The number of likely N-dealkylation sites (N-methyl/N-ethyl adjacent to an activating group) is 1. The fraction of sp³-hybridized carbons (Fsp3) is 0.206. The Bertz CT molecular complexity index is 1990. The molecule has 0 amide bonds. The molecule has 9 nitrogen and oxygen atoms in total. The van der Waals surface area contributed by atoms with E-state index in [0.717, 1.165) is 21.1 Å². The number of halogens is 2. The quantitative estimate of drug-likeness (QED) is 0.150. The van der Waals surface area contributed by atoms with Crippen LogP contribution in [0.3, 0.4) is 0 Å². The predicted octanol–water partition coefficient (Wildman–Crippen LogP) is 6.78. The fourth-order valence-electron chi connectivity index (χ4n) is 5.28. The van der Waals surface area contributed by atoms with E-state index in [4.69, 9.17) is 14.5 Å². The summed E-state index contributed by atoms with van der Waals surface area (Å²) in [6.07, 6.45) is 7.34. The Morgan fingerprint density at radius 3 is 2.65 bits per heavy atom. The van der Waals surface area contributed by atoms with Gasteiger partial charge in [-0.05, 0) is 83.1 Å². The molecule has 236 valence electrons. The molecule has 12 heteroatoms. The molecule has 3 aromatic carbocycles. The van der Waals surface area contributed by atoms with Crippen LogP contribution in [0.2, 0.25) is 0 Å². The normalized spacial score (nSPS) is 16.1. The van der Waals surface area contributed by atoms with Gasteiger partial charge in [-0.15, -0.1) is 0 Å². The van der Waals surface area contributed by atoms with Gasteiger partial charge in [0.05, 0.1) is 38.8 Å². The Hall–Kier alpha value is -4.39. The lowest BCUT2D eigenvalue weighted by molar-refractivity contribution is 0.00859. The molecular formula is C34H31BrFN5O4S. The first-order chi connectivity index (χ1) is 22.2. The first-order valence-corrected chi connectivity index (χ1v) is 17.0. The van der Waals surface area contributed by atoms with Gasteiger partial charge in [0.1, 0.15) is 30.3 Å². The molecule has 1 atom stereocenters. The number of benzene rings is 3. The van der Waals surface area contributed by atoms with Crippen LogP contribution in [0.4, 0.5) is 15.9 Å². The van der Waals surface area contributed by atoms with Crippen LogP contribution in [0.15, 0.2) is 113 Å². The fourth-order valence-corrected chi connectivity index (χ4v) is 7.13. The highest BCUT2D eigenvalue weighted by Crippen LogP contribution is 2.37. The largest absolute Gasteiger partial charge is 0.488 e. The summed E-state index contributed by atoms with van der Waals surface area (Å²) in [5, 5.41) is 4.12. The molecule has 0 aliphatic carbocycles. The van der Waals surface area contributed by atoms with E-state index in [2.05, 4.69) is 31.2 Å². The molecule has 1 aliphatic heterocycles. The van der Waals surface area contributed by atoms with E-state index < -0.39 is 15.4 Å². The molecule has 0 saturated carbocycles. The van der Waals surface area contributed by atoms with Crippen LogP contribution in [-0.2, 0) is 26.8 Å². The van der Waals surface area contributed by atoms with Gasteiger partial charge in [0, 0.05) is 30.6 Å². The minimum atomic E-state index is -3.42. The summed E-state index contributed by atoms with van der Waals surface area (Å²) in [6, 6.07) is 22.3. The number of hydrogen-bond acceptors (Lipinski definition) is 9. The van der Waals surface area contributed by atoms with Gasteiger partial charge in [-0.1, -0.05) is 30.3 Å². The summed E-state index contributed by atoms with van der Waals surface area (Å²) in [4.78, 5) is 15.9. The van der Waals surface area contributed by atoms with Gasteiger partial charge < -0.3 is 19.7 Å². The Kier molecular flexibility index (Phi) is 9.29. The van der Waals surface area contributed by atoms with Gasteiger partial charge >= 0.3 is 0 Å². The number of pyridine rings is 1. The second-order valence-corrected chi connectivity index (χ2v) is 14.0. The molecule has 6 rings (SSSR count). The van der Waals surface area contributed by atoms with Crippen molar-refractivity contribution in [2.75, 3.05) is 31.2 Å². The Balaban J connectivity index is 1.19. The van der Waals surface area contributed by atoms with Crippen molar-refractivity contribution < 1.29 is 22.3 Å². The van der Waals surface area contributed by atoms with Crippen LogP contribution in [0.5, 0.6) is 5.75 Å². The molecule has 3 heterocycles. The van der Waals surface area contributed by atoms with Gasteiger partial charge in [-0.25, -0.2) is 22.8 Å². The number of ether oxygens (including phenoxy) is 2. The summed E-state index contributed by atoms with van der Waals surface area (Å²) in [6.45, 7) is 0.970. The molecular weight excluding hydrogens is 673 g/mol. The Morgan fingerprint density at radius 2 is 1.89 bits per heavy atom. The highest BCUT2D eigenvalue weighted by Gasteiger charge is 2.38. The molecule has 0 fully saturated rings. The molecule has 0 saturated heterocycles. The minimum Gasteiger partial charge on any atom is -0.488 e. The maximum Gasteiger partial charge on any atom is 0.179 e. The molecule has 1 unspecified atom stereocenters. The molecule has 0 spiro atoms. The molecule has 0 bridgehead atoms. The van der Waals surface area contributed by atoms with Crippen molar-refractivity contribution in [1.82, 2.24) is 19.9 Å². The standard InChI is InChI=1S/C34H31BrFN5O4S/c1-41(14-16-46(42,43)27-9-3-2-4-10-27)22-34(13-6-15-45-34)32-19-28-30(20-37-32)38-23-39-33(28)40-26-11-12-31(29(35)18-26)44-21-24-7-5-8-25(36)17-24/h2-12,15,17-20,23H,13-14,16,21-22H2,1H3,(H,38,39,40). The predicted molar refractivity (Wildman–Crippen MR) is 178 cm³/mol. The van der Waals surface area contributed by atoms with E-state index in [0.29, 0.717) is 47.2 Å². The lowest BCUT2D eigenvalue weighted by atomic mass is 9.94. The number of sulfone groups is 1. The summed E-state index contributed by atoms with van der Waals surface area (Å²) in [5.41, 5.74) is 2.02. The topological polar surface area (TPSA) is 107 Å². The van der Waals surface area contributed by atoms with Crippen LogP contribution >= 0.6 is 15.9 Å². The van der Waals surface area contributed by atoms with Gasteiger partial charge in [0.15, 0.2) is 15.4 Å². The minimum absolute atomic E-state index is 0.0196. The zero-order valence-corrected chi connectivity index (χ0v) is 27.3. The maximum absolute atomic E-state index is 13.5. The van der Waals surface area contributed by atoms with E-state index in [9.17, 15) is 12.8 Å². The molecule has 0 radical (unpaired) electrons. The SMILES string of the molecule is CN(CCS(=O)(=O)c1ccccc1)CC1(c2cc3c(Nc4ccc(OCc5cccc(F)c5)c(Br)c4)ncnc3cn2)CC=CO1. The van der Waals surface area contributed by atoms with Crippen molar-refractivity contribution in [3.8, 4) is 5.75 Å². The molecule has 5 aromatic rings. The van der Waals surface area contributed by atoms with Crippen molar-refractivity contribution >= 4 is 48.2 Å². The second kappa shape index (κ2) is 13.5. The average molecular weight is 705 g/mol. The van der Waals surface area contributed by atoms with Gasteiger partial charge in [-0.3, -0.25) is 4.98 Å². The highest BCUT2D eigenvalue weighted by atomic mass is 79.9. The zero-order chi connectivity index (χ0) is 32.1. The van der Waals surface area contributed by atoms with Crippen LogP contribution < -0.4 is 10.1 Å². The summed E-state index contributed by atoms with van der Waals surface area (Å²) in [5.74, 6) is 0.867. The third-order valence-corrected chi connectivity index (χ3v) is 10.0. The Morgan fingerprint density at radius 1 is 1.04 bits per heavy atom. The lowest BCUT2D eigenvalue weighted by Crippen LogP contribution is -2.41. The van der Waals surface area contributed by atoms with Crippen molar-refractivity contribution in [3.05, 3.63) is 125 Å². The Labute approximate surface area is 275 Å². The third-order valence-electron chi connectivity index (χ3n) is 7.67. The first kappa shape index (κ1) is 31.6. The number of rotatable bonds is 12. The molecule has 1 N–H and O–H groups in total. The lowest BCUT2D eigenvalue weighted by Gasteiger charge is -2.32. The van der Waals surface area contributed by atoms with Gasteiger partial charge in [0.2, 0.25) is 0 Å². The number of nitrogens with zero attached hydrogens (tertiary/aromatic N) is 4. The number of anilines is 2. The summed E-state index contributed by atoms with van der Waals surface area (Å²) >= 11 is 3.57.